The van der Waals surface area contributed by atoms with E-state index in [0.717, 1.165) is 17.9 Å². The lowest BCUT2D eigenvalue weighted by Gasteiger charge is -2.07. The van der Waals surface area contributed by atoms with E-state index in [1.165, 1.54) is 12.0 Å². The minimum atomic E-state index is -0.471. The van der Waals surface area contributed by atoms with Crippen LogP contribution in [0.5, 0.6) is 0 Å². The number of amides is 1. The van der Waals surface area contributed by atoms with Crippen molar-refractivity contribution in [1.82, 2.24) is 4.98 Å². The van der Waals surface area contributed by atoms with Gasteiger partial charge in [0, 0.05) is 16.3 Å². The molecule has 1 amide bonds. The largest absolute Gasteiger partial charge is 0.453 e. The maximum atomic E-state index is 11.0. The van der Waals surface area contributed by atoms with Gasteiger partial charge in [-0.15, -0.1) is 11.3 Å². The number of anilines is 2. The molecule has 2 rings (SSSR count). The molecule has 2 N–H and O–H groups in total. The number of aryl methyl sites for hydroxylation is 1. The van der Waals surface area contributed by atoms with Gasteiger partial charge in [0.2, 0.25) is 0 Å². The molecule has 0 radical (unpaired) electrons. The Kier molecular flexibility index (Phi) is 4.35. The van der Waals surface area contributed by atoms with E-state index in [-0.39, 0.29) is 0 Å². The lowest BCUT2D eigenvalue weighted by Crippen LogP contribution is -2.10. The first-order chi connectivity index (χ1) is 9.19. The summed E-state index contributed by atoms with van der Waals surface area (Å²) in [5.74, 6) is 0. The zero-order valence-corrected chi connectivity index (χ0v) is 11.6. The molecule has 5 nitrogen and oxygen atoms in total. The molecule has 0 unspecified atom stereocenters. The van der Waals surface area contributed by atoms with Gasteiger partial charge in [0.1, 0.15) is 0 Å². The molecule has 0 atom stereocenters. The van der Waals surface area contributed by atoms with Gasteiger partial charge in [0.15, 0.2) is 0 Å². The van der Waals surface area contributed by atoms with Crippen molar-refractivity contribution in [3.63, 3.8) is 0 Å². The first-order valence-electron chi connectivity index (χ1n) is 5.77. The molecule has 0 aliphatic rings. The third-order valence-electron chi connectivity index (χ3n) is 2.61. The van der Waals surface area contributed by atoms with Crippen LogP contribution in [0.25, 0.3) is 0 Å². The highest BCUT2D eigenvalue weighted by molar-refractivity contribution is 7.09. The van der Waals surface area contributed by atoms with Gasteiger partial charge in [-0.25, -0.2) is 9.78 Å². The second-order valence-corrected chi connectivity index (χ2v) is 4.85. The molecule has 1 aromatic carbocycles. The van der Waals surface area contributed by atoms with E-state index in [2.05, 4.69) is 20.4 Å². The number of methoxy groups -OCH3 is 1. The van der Waals surface area contributed by atoms with E-state index in [4.69, 9.17) is 0 Å². The van der Waals surface area contributed by atoms with Gasteiger partial charge in [-0.1, -0.05) is 0 Å². The number of hydrogen-bond donors (Lipinski definition) is 2. The van der Waals surface area contributed by atoms with Crippen LogP contribution in [0.15, 0.2) is 29.8 Å². The number of thiazole rings is 1. The third-order valence-corrected chi connectivity index (χ3v) is 3.55. The lowest BCUT2D eigenvalue weighted by atomic mass is 10.2. The summed E-state index contributed by atoms with van der Waals surface area (Å²) in [6.07, 6.45) is -0.471. The molecule has 0 aliphatic heterocycles. The maximum Gasteiger partial charge on any atom is 0.411 e. The molecular weight excluding hydrogens is 262 g/mol. The van der Waals surface area contributed by atoms with E-state index in [1.807, 2.05) is 36.7 Å². The summed E-state index contributed by atoms with van der Waals surface area (Å²) in [6.45, 7) is 2.75. The average molecular weight is 277 g/mol. The predicted molar refractivity (Wildman–Crippen MR) is 76.6 cm³/mol. The molecule has 1 heterocycles. The SMILES string of the molecule is COC(=O)Nc1ccc(NCc2scnc2C)cc1. The highest BCUT2D eigenvalue weighted by Gasteiger charge is 2.02. The number of nitrogens with zero attached hydrogens (tertiary/aromatic N) is 1. The van der Waals surface area contributed by atoms with Crippen LogP contribution < -0.4 is 10.6 Å². The van der Waals surface area contributed by atoms with Crippen molar-refractivity contribution < 1.29 is 9.53 Å². The monoisotopic (exact) mass is 277 g/mol. The highest BCUT2D eigenvalue weighted by Crippen LogP contribution is 2.17. The maximum absolute atomic E-state index is 11.0. The Morgan fingerprint density at radius 3 is 2.58 bits per heavy atom. The summed E-state index contributed by atoms with van der Waals surface area (Å²) in [6, 6.07) is 7.45. The predicted octanol–water partition coefficient (Wildman–Crippen LogP) is 3.24. The highest BCUT2D eigenvalue weighted by atomic mass is 32.1. The van der Waals surface area contributed by atoms with Crippen molar-refractivity contribution in [2.24, 2.45) is 0 Å². The molecule has 0 bridgehead atoms. The summed E-state index contributed by atoms with van der Waals surface area (Å²) in [4.78, 5) is 16.5. The van der Waals surface area contributed by atoms with Crippen LogP contribution in [0.4, 0.5) is 16.2 Å². The molecule has 0 aliphatic carbocycles. The zero-order chi connectivity index (χ0) is 13.7. The summed E-state index contributed by atoms with van der Waals surface area (Å²) in [5.41, 5.74) is 4.59. The quantitative estimate of drug-likeness (QED) is 0.900. The number of benzene rings is 1. The van der Waals surface area contributed by atoms with Crippen molar-refractivity contribution in [1.29, 1.82) is 0 Å². The zero-order valence-electron chi connectivity index (χ0n) is 10.8. The molecular formula is C13H15N3O2S. The Labute approximate surface area is 115 Å². The van der Waals surface area contributed by atoms with Gasteiger partial charge in [0.05, 0.1) is 24.9 Å². The molecule has 0 saturated heterocycles. The normalized spacial score (nSPS) is 10.0. The van der Waals surface area contributed by atoms with Gasteiger partial charge < -0.3 is 10.1 Å². The first-order valence-corrected chi connectivity index (χ1v) is 6.65. The molecule has 0 fully saturated rings. The fourth-order valence-corrected chi connectivity index (χ4v) is 2.24. The number of ether oxygens (including phenoxy) is 1. The Morgan fingerprint density at radius 1 is 1.32 bits per heavy atom. The second-order valence-electron chi connectivity index (χ2n) is 3.91. The molecule has 1 aromatic heterocycles. The van der Waals surface area contributed by atoms with Crippen molar-refractivity contribution in [2.45, 2.75) is 13.5 Å². The Balaban J connectivity index is 1.92. The number of carbonyl (C=O) groups excluding carboxylic acids is 1. The Bertz CT molecular complexity index is 551. The number of rotatable bonds is 4. The standard InChI is InChI=1S/C13H15N3O2S/c1-9-12(19-8-15-9)7-14-10-3-5-11(6-4-10)16-13(17)18-2/h3-6,8,14H,7H2,1-2H3,(H,16,17). The van der Waals surface area contributed by atoms with Crippen LogP contribution >= 0.6 is 11.3 Å². The van der Waals surface area contributed by atoms with Gasteiger partial charge in [-0.3, -0.25) is 5.32 Å². The van der Waals surface area contributed by atoms with Crippen LogP contribution in [-0.2, 0) is 11.3 Å². The lowest BCUT2D eigenvalue weighted by molar-refractivity contribution is 0.187. The molecule has 2 aromatic rings. The molecule has 0 spiro atoms. The average Bonchev–Trinajstić information content (AvgIpc) is 2.83. The minimum Gasteiger partial charge on any atom is -0.453 e. The van der Waals surface area contributed by atoms with Gasteiger partial charge in [0.25, 0.3) is 0 Å². The number of aromatic nitrogens is 1. The summed E-state index contributed by atoms with van der Waals surface area (Å²) in [7, 11) is 1.34. The van der Waals surface area contributed by atoms with Gasteiger partial charge >= 0.3 is 6.09 Å². The number of carbonyl (C=O) groups is 1. The van der Waals surface area contributed by atoms with Crippen LogP contribution in [0.1, 0.15) is 10.6 Å². The van der Waals surface area contributed by atoms with E-state index in [9.17, 15) is 4.79 Å². The fourth-order valence-electron chi connectivity index (χ4n) is 1.52. The van der Waals surface area contributed by atoms with E-state index in [1.54, 1.807) is 11.3 Å². The summed E-state index contributed by atoms with van der Waals surface area (Å²) >= 11 is 1.64. The summed E-state index contributed by atoms with van der Waals surface area (Å²) < 4.78 is 4.52. The second kappa shape index (κ2) is 6.19. The molecule has 0 saturated carbocycles. The number of nitrogens with one attached hydrogen (secondary N) is 2. The Hall–Kier alpha value is -2.08. The van der Waals surface area contributed by atoms with Crippen molar-refractivity contribution >= 4 is 28.8 Å². The van der Waals surface area contributed by atoms with Crippen LogP contribution in [0.3, 0.4) is 0 Å². The fraction of sp³-hybridized carbons (Fsp3) is 0.231. The third kappa shape index (κ3) is 3.69. The minimum absolute atomic E-state index is 0.471. The smallest absolute Gasteiger partial charge is 0.411 e. The van der Waals surface area contributed by atoms with Crippen molar-refractivity contribution in [3.05, 3.63) is 40.3 Å². The first kappa shape index (κ1) is 13.4. The van der Waals surface area contributed by atoms with E-state index >= 15 is 0 Å². The van der Waals surface area contributed by atoms with Crippen molar-refractivity contribution in [3.8, 4) is 0 Å². The summed E-state index contributed by atoms with van der Waals surface area (Å²) in [5, 5.41) is 5.91. The topological polar surface area (TPSA) is 63.2 Å². The van der Waals surface area contributed by atoms with E-state index < -0.39 is 6.09 Å². The van der Waals surface area contributed by atoms with Crippen molar-refractivity contribution in [2.75, 3.05) is 17.7 Å². The van der Waals surface area contributed by atoms with Crippen LogP contribution in [0.2, 0.25) is 0 Å². The van der Waals surface area contributed by atoms with Gasteiger partial charge in [-0.2, -0.15) is 0 Å². The molecule has 100 valence electrons. The number of hydrogen-bond acceptors (Lipinski definition) is 5. The van der Waals surface area contributed by atoms with Crippen LogP contribution in [-0.4, -0.2) is 18.2 Å². The van der Waals surface area contributed by atoms with Crippen LogP contribution in [0, 0.1) is 6.92 Å². The van der Waals surface area contributed by atoms with E-state index in [0.29, 0.717) is 5.69 Å². The van der Waals surface area contributed by atoms with Gasteiger partial charge in [-0.05, 0) is 31.2 Å². The molecule has 6 heteroatoms. The molecule has 19 heavy (non-hydrogen) atoms. The Morgan fingerprint density at radius 2 is 2.00 bits per heavy atom.